The van der Waals surface area contributed by atoms with Crippen molar-refractivity contribution in [3.63, 3.8) is 0 Å². The van der Waals surface area contributed by atoms with Crippen LogP contribution in [0.1, 0.15) is 65.8 Å². The fourth-order valence-corrected chi connectivity index (χ4v) is 5.35. The first-order valence-corrected chi connectivity index (χ1v) is 11.3. The number of cyclic esters (lactones) is 1. The number of benzene rings is 1. The highest BCUT2D eigenvalue weighted by molar-refractivity contribution is 5.93. The van der Waals surface area contributed by atoms with Crippen molar-refractivity contribution in [2.75, 3.05) is 7.11 Å². The third-order valence-electron chi connectivity index (χ3n) is 6.91. The fourth-order valence-electron chi connectivity index (χ4n) is 5.35. The number of pyridine rings is 2. The topological polar surface area (TPSA) is 96.4 Å². The van der Waals surface area contributed by atoms with Crippen molar-refractivity contribution in [1.29, 1.82) is 0 Å². The van der Waals surface area contributed by atoms with Gasteiger partial charge in [-0.25, -0.2) is 14.2 Å². The van der Waals surface area contributed by atoms with Crippen molar-refractivity contribution in [3.05, 3.63) is 61.7 Å². The van der Waals surface area contributed by atoms with Crippen molar-refractivity contribution in [2.24, 2.45) is 5.73 Å². The van der Waals surface area contributed by atoms with E-state index in [2.05, 4.69) is 0 Å². The highest BCUT2D eigenvalue weighted by Crippen LogP contribution is 2.44. The number of esters is 1. The van der Waals surface area contributed by atoms with Gasteiger partial charge in [0.25, 0.3) is 5.56 Å². The lowest BCUT2D eigenvalue weighted by Crippen LogP contribution is -2.33. The van der Waals surface area contributed by atoms with E-state index in [-0.39, 0.29) is 24.0 Å². The van der Waals surface area contributed by atoms with E-state index in [4.69, 9.17) is 20.2 Å². The van der Waals surface area contributed by atoms with Crippen LogP contribution in [0.15, 0.2) is 16.9 Å². The molecule has 4 heterocycles. The van der Waals surface area contributed by atoms with Crippen molar-refractivity contribution >= 4 is 16.9 Å². The molecule has 33 heavy (non-hydrogen) atoms. The van der Waals surface area contributed by atoms with Gasteiger partial charge in [0.1, 0.15) is 12.4 Å². The van der Waals surface area contributed by atoms with Gasteiger partial charge in [-0.3, -0.25) is 4.79 Å². The summed E-state index contributed by atoms with van der Waals surface area (Å²) in [5, 5.41) is 0.912. The van der Waals surface area contributed by atoms with Crippen LogP contribution in [-0.2, 0) is 33.8 Å². The van der Waals surface area contributed by atoms with Gasteiger partial charge in [0.2, 0.25) is 0 Å². The Morgan fingerprint density at radius 3 is 2.70 bits per heavy atom. The molecule has 0 saturated heterocycles. The van der Waals surface area contributed by atoms with Gasteiger partial charge in [0.05, 0.1) is 29.0 Å². The molecule has 2 atom stereocenters. The molecular weight excluding hydrogens is 425 g/mol. The molecule has 0 fully saturated rings. The van der Waals surface area contributed by atoms with Gasteiger partial charge in [0, 0.05) is 35.7 Å². The van der Waals surface area contributed by atoms with Crippen LogP contribution in [0.3, 0.4) is 0 Å². The maximum atomic E-state index is 14.6. The van der Waals surface area contributed by atoms with E-state index in [1.54, 1.807) is 17.6 Å². The second-order valence-electron chi connectivity index (χ2n) is 8.43. The molecule has 6 rings (SSSR count). The summed E-state index contributed by atoms with van der Waals surface area (Å²) in [6, 6.07) is 3.01. The van der Waals surface area contributed by atoms with E-state index in [9.17, 15) is 14.0 Å². The minimum absolute atomic E-state index is 0.0835. The van der Waals surface area contributed by atoms with E-state index in [0.717, 1.165) is 22.1 Å². The molecule has 8 heteroatoms. The smallest absolute Gasteiger partial charge is 0.340 e. The molecule has 0 amide bonds. The van der Waals surface area contributed by atoms with Crippen LogP contribution in [-0.4, -0.2) is 22.6 Å². The zero-order chi connectivity index (χ0) is 23.6. The van der Waals surface area contributed by atoms with Crippen LogP contribution in [0.25, 0.3) is 22.3 Å². The van der Waals surface area contributed by atoms with Gasteiger partial charge < -0.3 is 19.8 Å². The number of ether oxygens (including phenoxy) is 2. The Bertz CT molecular complexity index is 1400. The van der Waals surface area contributed by atoms with Gasteiger partial charge in [-0.1, -0.05) is 13.8 Å². The van der Waals surface area contributed by atoms with Gasteiger partial charge in [-0.2, -0.15) is 0 Å². The number of nitrogens with zero attached hydrogens (tertiary/aromatic N) is 2. The Labute approximate surface area is 190 Å². The molecule has 172 valence electrons. The van der Waals surface area contributed by atoms with E-state index in [1.807, 2.05) is 13.8 Å². The SMILES string of the molecule is CC.COC1C(=O)OCc2c1cc1n(c2=O)Cc2c-1nc1cc(F)c(C)c3c1c2[C@H](N)CC3. The van der Waals surface area contributed by atoms with Gasteiger partial charge in [-0.05, 0) is 42.5 Å². The standard InChI is InChI=1S/C23H20FN3O4.C2H6/c1-9-10-3-4-15(25)18-12-7-27-17(20(12)26-16(19(10)18)6-14(9)24)5-11-13(22(27)28)8-31-23(29)21(11)30-2;1-2/h5-6,15,21H,3-4,7-8,25H2,1-2H3;1-2H3/t15-,21?;/m1./s1. The van der Waals surface area contributed by atoms with Crippen molar-refractivity contribution < 1.29 is 18.7 Å². The molecule has 1 aromatic carbocycles. The summed E-state index contributed by atoms with van der Waals surface area (Å²) in [5.41, 5.74) is 12.4. The number of rotatable bonds is 1. The van der Waals surface area contributed by atoms with E-state index in [1.165, 1.54) is 13.2 Å². The van der Waals surface area contributed by atoms with E-state index >= 15 is 0 Å². The number of methoxy groups -OCH3 is 1. The number of carbonyl (C=O) groups is 1. The molecule has 3 aromatic rings. The van der Waals surface area contributed by atoms with E-state index in [0.29, 0.717) is 53.0 Å². The third-order valence-corrected chi connectivity index (χ3v) is 6.91. The second kappa shape index (κ2) is 7.74. The van der Waals surface area contributed by atoms with Crippen LogP contribution in [0, 0.1) is 12.7 Å². The number of halogens is 1. The average Bonchev–Trinajstić information content (AvgIpc) is 3.18. The van der Waals surface area contributed by atoms with Crippen molar-refractivity contribution in [2.45, 2.75) is 58.9 Å². The maximum absolute atomic E-state index is 14.6. The number of aryl methyl sites for hydroxylation is 1. The molecule has 0 spiro atoms. The minimum atomic E-state index is -0.959. The highest BCUT2D eigenvalue weighted by Gasteiger charge is 2.37. The molecule has 7 nitrogen and oxygen atoms in total. The summed E-state index contributed by atoms with van der Waals surface area (Å²) < 4.78 is 26.7. The molecular formula is C25H26FN3O4. The fraction of sp³-hybridized carbons (Fsp3) is 0.400. The Morgan fingerprint density at radius 1 is 1.21 bits per heavy atom. The molecule has 3 aliphatic rings. The molecule has 2 aromatic heterocycles. The number of aromatic nitrogens is 2. The number of carbonyl (C=O) groups excluding carboxylic acids is 1. The molecule has 1 aliphatic carbocycles. The first-order chi connectivity index (χ1) is 15.9. The number of nitrogens with two attached hydrogens (primary N) is 1. The van der Waals surface area contributed by atoms with Crippen LogP contribution in [0.5, 0.6) is 0 Å². The Kier molecular flexibility index (Phi) is 5.10. The summed E-state index contributed by atoms with van der Waals surface area (Å²) in [7, 11) is 1.40. The molecule has 2 aliphatic heterocycles. The lowest BCUT2D eigenvalue weighted by atomic mass is 9.82. The quantitative estimate of drug-likeness (QED) is 0.445. The van der Waals surface area contributed by atoms with Crippen molar-refractivity contribution in [3.8, 4) is 11.4 Å². The Morgan fingerprint density at radius 2 is 1.97 bits per heavy atom. The minimum Gasteiger partial charge on any atom is -0.458 e. The lowest BCUT2D eigenvalue weighted by Gasteiger charge is -2.26. The molecule has 1 unspecified atom stereocenters. The monoisotopic (exact) mass is 451 g/mol. The molecule has 0 saturated carbocycles. The molecule has 0 radical (unpaired) electrons. The summed E-state index contributed by atoms with van der Waals surface area (Å²) in [4.78, 5) is 30.2. The van der Waals surface area contributed by atoms with Gasteiger partial charge >= 0.3 is 5.97 Å². The highest BCUT2D eigenvalue weighted by atomic mass is 19.1. The van der Waals surface area contributed by atoms with Crippen molar-refractivity contribution in [1.82, 2.24) is 9.55 Å². The normalized spacial score (nSPS) is 19.9. The largest absolute Gasteiger partial charge is 0.458 e. The molecule has 0 bridgehead atoms. The predicted molar refractivity (Wildman–Crippen MR) is 121 cm³/mol. The maximum Gasteiger partial charge on any atom is 0.340 e. The number of hydrogen-bond acceptors (Lipinski definition) is 6. The number of fused-ring (bicyclic) bond motifs is 5. The summed E-state index contributed by atoms with van der Waals surface area (Å²) in [6.07, 6.45) is 0.447. The van der Waals surface area contributed by atoms with Gasteiger partial charge in [0.15, 0.2) is 6.10 Å². The Hall–Kier alpha value is -3.10. The lowest BCUT2D eigenvalue weighted by molar-refractivity contribution is -0.159. The van der Waals surface area contributed by atoms with Crippen LogP contribution < -0.4 is 11.3 Å². The number of hydrogen-bond donors (Lipinski definition) is 1. The van der Waals surface area contributed by atoms with Crippen LogP contribution >= 0.6 is 0 Å². The van der Waals surface area contributed by atoms with E-state index < -0.39 is 12.1 Å². The third kappa shape index (κ3) is 2.90. The molecule has 2 N–H and O–H groups in total. The van der Waals surface area contributed by atoms with Crippen LogP contribution in [0.4, 0.5) is 4.39 Å². The predicted octanol–water partition coefficient (Wildman–Crippen LogP) is 3.59. The van der Waals surface area contributed by atoms with Gasteiger partial charge in [-0.15, -0.1) is 0 Å². The zero-order valence-electron chi connectivity index (χ0n) is 19.1. The average molecular weight is 451 g/mol. The summed E-state index contributed by atoms with van der Waals surface area (Å²) >= 11 is 0. The first kappa shape index (κ1) is 21.7. The second-order valence-corrected chi connectivity index (χ2v) is 8.43. The zero-order valence-corrected chi connectivity index (χ0v) is 19.1. The van der Waals surface area contributed by atoms with Crippen LogP contribution in [0.2, 0.25) is 0 Å². The first-order valence-electron chi connectivity index (χ1n) is 11.3. The summed E-state index contributed by atoms with van der Waals surface area (Å²) in [6.45, 7) is 6.04. The summed E-state index contributed by atoms with van der Waals surface area (Å²) in [5.74, 6) is -0.817. The Balaban J connectivity index is 0.00000111.